The van der Waals surface area contributed by atoms with Crippen LogP contribution in [-0.4, -0.2) is 55.2 Å². The molecule has 32 heavy (non-hydrogen) atoms. The molecule has 2 aliphatic rings. The van der Waals surface area contributed by atoms with Crippen molar-refractivity contribution in [1.82, 2.24) is 15.8 Å². The maximum Gasteiger partial charge on any atom is 0.344 e. The Hall–Kier alpha value is -3.56. The third-order valence-corrected chi connectivity index (χ3v) is 5.71. The van der Waals surface area contributed by atoms with Crippen molar-refractivity contribution in [2.24, 2.45) is 5.92 Å². The van der Waals surface area contributed by atoms with E-state index in [1.54, 1.807) is 18.2 Å². The van der Waals surface area contributed by atoms with E-state index in [2.05, 4.69) is 17.7 Å². The zero-order chi connectivity index (χ0) is 23.3. The van der Waals surface area contributed by atoms with E-state index >= 15 is 0 Å². The predicted molar refractivity (Wildman–Crippen MR) is 113 cm³/mol. The molecule has 1 saturated carbocycles. The number of imide groups is 1. The molecule has 10 heteroatoms. The molecule has 0 radical (unpaired) electrons. The first kappa shape index (κ1) is 23.1. The van der Waals surface area contributed by atoms with Gasteiger partial charge in [-0.15, -0.1) is 0 Å². The van der Waals surface area contributed by atoms with E-state index in [1.807, 2.05) is 0 Å². The van der Waals surface area contributed by atoms with E-state index in [-0.39, 0.29) is 0 Å². The highest BCUT2D eigenvalue weighted by Crippen LogP contribution is 2.35. The van der Waals surface area contributed by atoms with Crippen LogP contribution >= 0.6 is 0 Å². The minimum atomic E-state index is -0.965. The van der Waals surface area contributed by atoms with Gasteiger partial charge in [-0.25, -0.2) is 9.59 Å². The van der Waals surface area contributed by atoms with Crippen LogP contribution in [0.15, 0.2) is 24.3 Å². The molecule has 10 nitrogen and oxygen atoms in total. The van der Waals surface area contributed by atoms with Crippen LogP contribution in [0.5, 0.6) is 11.5 Å². The van der Waals surface area contributed by atoms with Crippen LogP contribution in [-0.2, 0) is 19.1 Å². The summed E-state index contributed by atoms with van der Waals surface area (Å²) in [6.07, 6.45) is 5.31. The molecule has 0 bridgehead atoms. The Bertz CT molecular complexity index is 935. The number of hydrogen-bond donors (Lipinski definition) is 2. The molecular weight excluding hydrogens is 418 g/mol. The van der Waals surface area contributed by atoms with Crippen LogP contribution < -0.4 is 20.2 Å². The zero-order valence-electron chi connectivity index (χ0n) is 18.3. The molecule has 0 atom stereocenters. The van der Waals surface area contributed by atoms with Crippen LogP contribution in [0.2, 0.25) is 0 Å². The fraction of sp³-hybridized carbons (Fsp3) is 0.455. The van der Waals surface area contributed by atoms with Gasteiger partial charge in [0.05, 0.1) is 14.2 Å². The molecule has 1 aromatic carbocycles. The van der Waals surface area contributed by atoms with Crippen molar-refractivity contribution >= 4 is 29.9 Å². The molecule has 172 valence electrons. The second-order valence-electron chi connectivity index (χ2n) is 7.92. The second-order valence-corrected chi connectivity index (χ2v) is 7.92. The number of carbonyl (C=O) groups is 4. The molecule has 1 aromatic rings. The van der Waals surface area contributed by atoms with Crippen LogP contribution in [0, 0.1) is 5.92 Å². The highest BCUT2D eigenvalue weighted by atomic mass is 16.5. The summed E-state index contributed by atoms with van der Waals surface area (Å²) >= 11 is 0. The lowest BCUT2D eigenvalue weighted by Gasteiger charge is -2.33. The smallest absolute Gasteiger partial charge is 0.344 e. The van der Waals surface area contributed by atoms with E-state index in [0.29, 0.717) is 40.8 Å². The fourth-order valence-electron chi connectivity index (χ4n) is 3.77. The number of hydrazine groups is 1. The van der Waals surface area contributed by atoms with Gasteiger partial charge in [-0.1, -0.05) is 6.92 Å². The second kappa shape index (κ2) is 9.71. The third kappa shape index (κ3) is 5.01. The van der Waals surface area contributed by atoms with Crippen molar-refractivity contribution in [3.05, 3.63) is 29.8 Å². The van der Waals surface area contributed by atoms with Crippen LogP contribution in [0.25, 0.3) is 6.08 Å². The number of hydrogen-bond acceptors (Lipinski definition) is 7. The summed E-state index contributed by atoms with van der Waals surface area (Å²) in [6.45, 7) is 1.45. The Kier molecular flexibility index (Phi) is 7.01. The number of methoxy groups -OCH3 is 2. The number of urea groups is 1. The lowest BCUT2D eigenvalue weighted by atomic mass is 9.77. The number of nitrogens with one attached hydrogen (secondary N) is 2. The van der Waals surface area contributed by atoms with Crippen LogP contribution in [0.1, 0.15) is 38.2 Å². The molecule has 1 aliphatic carbocycles. The monoisotopic (exact) mass is 445 g/mol. The molecular formula is C22H27N3O7. The average molecular weight is 445 g/mol. The highest BCUT2D eigenvalue weighted by molar-refractivity contribution is 6.08. The predicted octanol–water partition coefficient (Wildman–Crippen LogP) is 1.79. The molecule has 1 spiro atoms. The van der Waals surface area contributed by atoms with E-state index < -0.39 is 36.0 Å². The first-order valence-corrected chi connectivity index (χ1v) is 10.3. The van der Waals surface area contributed by atoms with Crippen molar-refractivity contribution in [2.75, 3.05) is 20.8 Å². The Labute approximate surface area is 185 Å². The number of benzene rings is 1. The third-order valence-electron chi connectivity index (χ3n) is 5.71. The van der Waals surface area contributed by atoms with Gasteiger partial charge in [0.25, 0.3) is 11.8 Å². The molecule has 3 rings (SSSR count). The van der Waals surface area contributed by atoms with Gasteiger partial charge in [-0.3, -0.25) is 15.0 Å². The van der Waals surface area contributed by atoms with Crippen molar-refractivity contribution in [1.29, 1.82) is 0 Å². The Morgan fingerprint density at radius 1 is 1.22 bits per heavy atom. The zero-order valence-corrected chi connectivity index (χ0v) is 18.3. The maximum atomic E-state index is 12.7. The molecule has 4 amide bonds. The van der Waals surface area contributed by atoms with Gasteiger partial charge >= 0.3 is 12.0 Å². The summed E-state index contributed by atoms with van der Waals surface area (Å²) in [5.41, 5.74) is 1.87. The molecule has 0 aromatic heterocycles. The molecule has 2 N–H and O–H groups in total. The summed E-state index contributed by atoms with van der Waals surface area (Å²) in [6, 6.07) is 4.39. The first-order valence-electron chi connectivity index (χ1n) is 10.3. The minimum Gasteiger partial charge on any atom is -0.497 e. The lowest BCUT2D eigenvalue weighted by molar-refractivity contribution is -0.147. The summed E-state index contributed by atoms with van der Waals surface area (Å²) in [5.74, 6) is -0.467. The standard InChI is InChI=1S/C22H27N3O7/c1-14-8-10-22(11-9-14)20(28)25(21(29)23-22)24-18(26)13-32-19(27)7-5-15-4-6-16(30-2)12-17(15)31-3/h4-7,12,14H,8-11,13H2,1-3H3,(H,23,29)(H,24,26)/b7-5+. The number of carbonyl (C=O) groups excluding carboxylic acids is 4. The number of ether oxygens (including phenoxy) is 3. The number of amides is 4. The van der Waals surface area contributed by atoms with Crippen molar-refractivity contribution in [2.45, 2.75) is 38.1 Å². The topological polar surface area (TPSA) is 123 Å². The van der Waals surface area contributed by atoms with Crippen molar-refractivity contribution in [3.8, 4) is 11.5 Å². The molecule has 0 unspecified atom stereocenters. The van der Waals surface area contributed by atoms with Gasteiger partial charge in [-0.2, -0.15) is 5.01 Å². The van der Waals surface area contributed by atoms with Gasteiger partial charge < -0.3 is 19.5 Å². The van der Waals surface area contributed by atoms with Gasteiger partial charge in [0.2, 0.25) is 0 Å². The molecule has 1 aliphatic heterocycles. The Morgan fingerprint density at radius 3 is 2.59 bits per heavy atom. The number of esters is 1. The van der Waals surface area contributed by atoms with Crippen molar-refractivity contribution < 1.29 is 33.4 Å². The van der Waals surface area contributed by atoms with Gasteiger partial charge in [0.1, 0.15) is 17.0 Å². The molecule has 1 saturated heterocycles. The first-order chi connectivity index (χ1) is 15.3. The van der Waals surface area contributed by atoms with Crippen molar-refractivity contribution in [3.63, 3.8) is 0 Å². The van der Waals surface area contributed by atoms with Gasteiger partial charge in [0, 0.05) is 17.7 Å². The highest BCUT2D eigenvalue weighted by Gasteiger charge is 2.52. The normalized spacial score (nSPS) is 22.7. The SMILES string of the molecule is COc1ccc(/C=C/C(=O)OCC(=O)NN2C(=O)NC3(CCC(C)CC3)C2=O)c(OC)c1. The summed E-state index contributed by atoms with van der Waals surface area (Å²) in [4.78, 5) is 49.1. The van der Waals surface area contributed by atoms with Gasteiger partial charge in [-0.05, 0) is 49.8 Å². The average Bonchev–Trinajstić information content (AvgIpc) is 3.02. The molecule has 2 fully saturated rings. The Morgan fingerprint density at radius 2 is 1.94 bits per heavy atom. The van der Waals surface area contributed by atoms with E-state index in [9.17, 15) is 19.2 Å². The summed E-state index contributed by atoms with van der Waals surface area (Å²) < 4.78 is 15.3. The summed E-state index contributed by atoms with van der Waals surface area (Å²) in [5, 5.41) is 3.37. The maximum absolute atomic E-state index is 12.7. The Balaban J connectivity index is 1.51. The van der Waals surface area contributed by atoms with Crippen LogP contribution in [0.3, 0.4) is 0 Å². The number of nitrogens with zero attached hydrogens (tertiary/aromatic N) is 1. The quantitative estimate of drug-likeness (QED) is 0.373. The van der Waals surface area contributed by atoms with E-state index in [4.69, 9.17) is 14.2 Å². The minimum absolute atomic E-state index is 0.485. The fourth-order valence-corrected chi connectivity index (χ4v) is 3.77. The van der Waals surface area contributed by atoms with Crippen LogP contribution in [0.4, 0.5) is 4.79 Å². The van der Waals surface area contributed by atoms with E-state index in [0.717, 1.165) is 18.9 Å². The lowest BCUT2D eigenvalue weighted by Crippen LogP contribution is -2.52. The number of rotatable bonds is 7. The largest absolute Gasteiger partial charge is 0.497 e. The summed E-state index contributed by atoms with van der Waals surface area (Å²) in [7, 11) is 3.02. The van der Waals surface area contributed by atoms with Gasteiger partial charge in [0.15, 0.2) is 6.61 Å². The molecule has 1 heterocycles. The van der Waals surface area contributed by atoms with E-state index in [1.165, 1.54) is 20.3 Å².